The molecule has 0 aromatic carbocycles. The van der Waals surface area contributed by atoms with Crippen LogP contribution >= 0.6 is 11.3 Å². The van der Waals surface area contributed by atoms with Gasteiger partial charge < -0.3 is 4.90 Å². The number of carbonyl (C=O) groups excluding carboxylic acids is 1. The minimum atomic E-state index is 0.0783. The highest BCUT2D eigenvalue weighted by Crippen LogP contribution is 2.11. The van der Waals surface area contributed by atoms with Gasteiger partial charge in [-0.1, -0.05) is 6.07 Å². The molecule has 96 valence electrons. The van der Waals surface area contributed by atoms with Gasteiger partial charge in [0.1, 0.15) is 6.54 Å². The quantitative estimate of drug-likeness (QED) is 0.848. The van der Waals surface area contributed by atoms with E-state index in [2.05, 4.69) is 5.10 Å². The lowest BCUT2D eigenvalue weighted by Crippen LogP contribution is -2.30. The molecule has 0 aliphatic carbocycles. The predicted octanol–water partition coefficient (Wildman–Crippen LogP) is 2.22. The molecule has 1 amide bonds. The molecular formula is C13H17N3OS. The molecule has 2 aromatic heterocycles. The van der Waals surface area contributed by atoms with E-state index >= 15 is 0 Å². The van der Waals surface area contributed by atoms with Gasteiger partial charge >= 0.3 is 0 Å². The fourth-order valence-electron chi connectivity index (χ4n) is 1.81. The number of rotatable bonds is 4. The summed E-state index contributed by atoms with van der Waals surface area (Å²) >= 11 is 1.67. The SMILES string of the molecule is Cc1cc(C)n(CC(=O)N(C)Cc2cccs2)n1. The van der Waals surface area contributed by atoms with Gasteiger partial charge in [-0.3, -0.25) is 9.48 Å². The second-order valence-corrected chi connectivity index (χ2v) is 5.45. The van der Waals surface area contributed by atoms with Gasteiger partial charge in [-0.05, 0) is 31.4 Å². The first-order valence-electron chi connectivity index (χ1n) is 5.83. The molecule has 18 heavy (non-hydrogen) atoms. The Morgan fingerprint density at radius 1 is 1.50 bits per heavy atom. The van der Waals surface area contributed by atoms with Gasteiger partial charge in [-0.2, -0.15) is 5.10 Å². The third-order valence-electron chi connectivity index (χ3n) is 2.79. The zero-order valence-electron chi connectivity index (χ0n) is 10.9. The smallest absolute Gasteiger partial charge is 0.244 e. The average molecular weight is 263 g/mol. The molecule has 5 heteroatoms. The van der Waals surface area contributed by atoms with Gasteiger partial charge in [-0.25, -0.2) is 0 Å². The van der Waals surface area contributed by atoms with Crippen molar-refractivity contribution in [2.45, 2.75) is 26.9 Å². The van der Waals surface area contributed by atoms with Crippen molar-refractivity contribution in [1.29, 1.82) is 0 Å². The van der Waals surface area contributed by atoms with Crippen LogP contribution in [-0.4, -0.2) is 27.6 Å². The van der Waals surface area contributed by atoms with Crippen LogP contribution in [0.25, 0.3) is 0 Å². The first kappa shape index (κ1) is 12.8. The van der Waals surface area contributed by atoms with Gasteiger partial charge in [-0.15, -0.1) is 11.3 Å². The summed E-state index contributed by atoms with van der Waals surface area (Å²) in [4.78, 5) is 15.0. The second-order valence-electron chi connectivity index (χ2n) is 4.41. The van der Waals surface area contributed by atoms with E-state index in [1.54, 1.807) is 20.9 Å². The molecule has 0 radical (unpaired) electrons. The Bertz CT molecular complexity index is 530. The summed E-state index contributed by atoms with van der Waals surface area (Å²) in [5.41, 5.74) is 1.96. The molecule has 2 aromatic rings. The summed E-state index contributed by atoms with van der Waals surface area (Å²) in [6.45, 7) is 4.87. The number of hydrogen-bond acceptors (Lipinski definition) is 3. The van der Waals surface area contributed by atoms with Crippen molar-refractivity contribution in [3.8, 4) is 0 Å². The Kier molecular flexibility index (Phi) is 3.81. The normalized spacial score (nSPS) is 10.6. The molecule has 0 spiro atoms. The maximum Gasteiger partial charge on any atom is 0.244 e. The highest BCUT2D eigenvalue weighted by atomic mass is 32.1. The van der Waals surface area contributed by atoms with Crippen LogP contribution < -0.4 is 0 Å². The Hall–Kier alpha value is -1.62. The zero-order valence-corrected chi connectivity index (χ0v) is 11.7. The maximum absolute atomic E-state index is 12.1. The Labute approximate surface area is 111 Å². The summed E-state index contributed by atoms with van der Waals surface area (Å²) in [5.74, 6) is 0.0783. The van der Waals surface area contributed by atoms with Gasteiger partial charge in [0.2, 0.25) is 5.91 Å². The Morgan fingerprint density at radius 2 is 2.28 bits per heavy atom. The maximum atomic E-state index is 12.1. The Balaban J connectivity index is 1.97. The van der Waals surface area contributed by atoms with Crippen molar-refractivity contribution in [3.63, 3.8) is 0 Å². The van der Waals surface area contributed by atoms with E-state index in [4.69, 9.17) is 0 Å². The van der Waals surface area contributed by atoms with Crippen molar-refractivity contribution in [2.24, 2.45) is 0 Å². The number of aromatic nitrogens is 2. The molecule has 4 nitrogen and oxygen atoms in total. The molecule has 0 atom stereocenters. The third-order valence-corrected chi connectivity index (χ3v) is 3.65. The second kappa shape index (κ2) is 5.35. The number of likely N-dealkylation sites (N-methyl/N-ethyl adjacent to an activating group) is 1. The Morgan fingerprint density at radius 3 is 2.83 bits per heavy atom. The fraction of sp³-hybridized carbons (Fsp3) is 0.385. The van der Waals surface area contributed by atoms with Crippen LogP contribution in [0, 0.1) is 13.8 Å². The number of hydrogen-bond donors (Lipinski definition) is 0. The van der Waals surface area contributed by atoms with E-state index < -0.39 is 0 Å². The van der Waals surface area contributed by atoms with Gasteiger partial charge in [0.15, 0.2) is 0 Å². The van der Waals surface area contributed by atoms with Gasteiger partial charge in [0.05, 0.1) is 12.2 Å². The van der Waals surface area contributed by atoms with Gasteiger partial charge in [0.25, 0.3) is 0 Å². The molecule has 0 N–H and O–H groups in total. The van der Waals surface area contributed by atoms with E-state index in [1.165, 1.54) is 4.88 Å². The molecule has 0 aliphatic rings. The monoisotopic (exact) mass is 263 g/mol. The van der Waals surface area contributed by atoms with Crippen LogP contribution in [0.4, 0.5) is 0 Å². The summed E-state index contributed by atoms with van der Waals surface area (Å²) in [5, 5.41) is 6.32. The summed E-state index contributed by atoms with van der Waals surface area (Å²) < 4.78 is 1.75. The highest BCUT2D eigenvalue weighted by Gasteiger charge is 2.12. The first-order chi connectivity index (χ1) is 8.56. The lowest BCUT2D eigenvalue weighted by atomic mass is 10.4. The van der Waals surface area contributed by atoms with Crippen molar-refractivity contribution < 1.29 is 4.79 Å². The van der Waals surface area contributed by atoms with Crippen LogP contribution in [0.2, 0.25) is 0 Å². The molecule has 2 heterocycles. The van der Waals surface area contributed by atoms with Crippen molar-refractivity contribution in [2.75, 3.05) is 7.05 Å². The van der Waals surface area contributed by atoms with Crippen LogP contribution in [0.3, 0.4) is 0 Å². The van der Waals surface area contributed by atoms with Gasteiger partial charge in [0, 0.05) is 17.6 Å². The van der Waals surface area contributed by atoms with Crippen molar-refractivity contribution in [3.05, 3.63) is 39.8 Å². The molecule has 0 bridgehead atoms. The number of amides is 1. The van der Waals surface area contributed by atoms with Crippen LogP contribution in [0.1, 0.15) is 16.3 Å². The zero-order chi connectivity index (χ0) is 13.1. The van der Waals surface area contributed by atoms with Crippen molar-refractivity contribution in [1.82, 2.24) is 14.7 Å². The van der Waals surface area contributed by atoms with E-state index in [9.17, 15) is 4.79 Å². The van der Waals surface area contributed by atoms with Crippen LogP contribution in [-0.2, 0) is 17.9 Å². The predicted molar refractivity (Wildman–Crippen MR) is 72.5 cm³/mol. The minimum absolute atomic E-state index is 0.0783. The highest BCUT2D eigenvalue weighted by molar-refractivity contribution is 7.09. The molecule has 0 saturated heterocycles. The number of aryl methyl sites for hydroxylation is 2. The summed E-state index contributed by atoms with van der Waals surface area (Å²) in [7, 11) is 1.83. The molecule has 0 saturated carbocycles. The largest absolute Gasteiger partial charge is 0.339 e. The van der Waals surface area contributed by atoms with Crippen molar-refractivity contribution >= 4 is 17.2 Å². The van der Waals surface area contributed by atoms with E-state index in [0.29, 0.717) is 13.1 Å². The van der Waals surface area contributed by atoms with E-state index in [1.807, 2.05) is 44.5 Å². The van der Waals surface area contributed by atoms with E-state index in [0.717, 1.165) is 11.4 Å². The number of carbonyl (C=O) groups is 1. The first-order valence-corrected chi connectivity index (χ1v) is 6.71. The van der Waals surface area contributed by atoms with Crippen LogP contribution in [0.15, 0.2) is 23.6 Å². The van der Waals surface area contributed by atoms with E-state index in [-0.39, 0.29) is 5.91 Å². The minimum Gasteiger partial charge on any atom is -0.339 e. The third kappa shape index (κ3) is 2.98. The lowest BCUT2D eigenvalue weighted by Gasteiger charge is -2.16. The molecule has 0 fully saturated rings. The molecule has 0 aliphatic heterocycles. The molecular weight excluding hydrogens is 246 g/mol. The molecule has 2 rings (SSSR count). The number of thiophene rings is 1. The fourth-order valence-corrected chi connectivity index (χ4v) is 2.57. The summed E-state index contributed by atoms with van der Waals surface area (Å²) in [6.07, 6.45) is 0. The van der Waals surface area contributed by atoms with Crippen LogP contribution in [0.5, 0.6) is 0 Å². The standard InChI is InChI=1S/C13H17N3OS/c1-10-7-11(2)16(14-10)9-13(17)15(3)8-12-5-4-6-18-12/h4-7H,8-9H2,1-3H3. The molecule has 0 unspecified atom stereocenters. The average Bonchev–Trinajstić information content (AvgIpc) is 2.89. The number of nitrogens with zero attached hydrogens (tertiary/aromatic N) is 3. The topological polar surface area (TPSA) is 38.1 Å². The summed E-state index contributed by atoms with van der Waals surface area (Å²) in [6, 6.07) is 6.02. The lowest BCUT2D eigenvalue weighted by molar-refractivity contribution is -0.131.